The molecule has 0 radical (unpaired) electrons. The highest BCUT2D eigenvalue weighted by atomic mass is 16.6. The summed E-state index contributed by atoms with van der Waals surface area (Å²) in [5.74, 6) is -7.88. The van der Waals surface area contributed by atoms with Crippen molar-refractivity contribution in [1.82, 2.24) is 0 Å². The fourth-order valence-corrected chi connectivity index (χ4v) is 4.15. The van der Waals surface area contributed by atoms with Crippen molar-refractivity contribution in [2.24, 2.45) is 0 Å². The van der Waals surface area contributed by atoms with E-state index in [1.165, 1.54) is 77.0 Å². The van der Waals surface area contributed by atoms with E-state index in [0.717, 1.165) is 38.5 Å². The Hall–Kier alpha value is -2.86. The molecule has 0 aliphatic heterocycles. The van der Waals surface area contributed by atoms with Crippen LogP contribution in [0.4, 0.5) is 0 Å². The standard InChI is InChI=1S/C17H30O6.C15H26O6/c1-2-3-4-5-6-7-8-9-10-11-12-13-14(18)23-17(22)15(19)16(20)21;1-2-3-4-5-6-7-8-9-10-11-12(16)21-15(20)13(17)14(18)19/h15,19H,2-13H2,1H3,(H,20,21);13,17H,2-11H2,1H3,(H,18,19). The molecule has 256 valence electrons. The lowest BCUT2D eigenvalue weighted by Crippen LogP contribution is -2.32. The van der Waals surface area contributed by atoms with Gasteiger partial charge < -0.3 is 29.9 Å². The summed E-state index contributed by atoms with van der Waals surface area (Å²) in [7, 11) is 0. The van der Waals surface area contributed by atoms with Crippen LogP contribution in [-0.4, -0.2) is 68.4 Å². The smallest absolute Gasteiger partial charge is 0.354 e. The van der Waals surface area contributed by atoms with Gasteiger partial charge in [0.05, 0.1) is 0 Å². The van der Waals surface area contributed by atoms with E-state index in [0.29, 0.717) is 12.8 Å². The third-order valence-corrected chi connectivity index (χ3v) is 6.81. The van der Waals surface area contributed by atoms with Crippen molar-refractivity contribution in [1.29, 1.82) is 0 Å². The minimum atomic E-state index is -2.30. The molecule has 0 bridgehead atoms. The molecule has 0 aromatic heterocycles. The third kappa shape index (κ3) is 27.9. The number of esters is 4. The van der Waals surface area contributed by atoms with E-state index in [1.54, 1.807) is 0 Å². The van der Waals surface area contributed by atoms with Crippen molar-refractivity contribution >= 4 is 35.8 Å². The summed E-state index contributed by atoms with van der Waals surface area (Å²) in [4.78, 5) is 65.1. The van der Waals surface area contributed by atoms with Crippen LogP contribution in [0.5, 0.6) is 0 Å². The number of carbonyl (C=O) groups is 6. The van der Waals surface area contributed by atoms with Gasteiger partial charge in [-0.25, -0.2) is 19.2 Å². The average Bonchev–Trinajstić information content (AvgIpc) is 2.98. The zero-order valence-electron chi connectivity index (χ0n) is 26.8. The van der Waals surface area contributed by atoms with Gasteiger partial charge in [-0.1, -0.05) is 129 Å². The second-order valence-corrected chi connectivity index (χ2v) is 10.9. The van der Waals surface area contributed by atoms with Gasteiger partial charge in [0.25, 0.3) is 0 Å². The Kier molecular flexibility index (Phi) is 29.7. The van der Waals surface area contributed by atoms with Crippen molar-refractivity contribution in [3.05, 3.63) is 0 Å². The highest BCUT2D eigenvalue weighted by Gasteiger charge is 2.27. The van der Waals surface area contributed by atoms with Crippen molar-refractivity contribution in [3.8, 4) is 0 Å². The summed E-state index contributed by atoms with van der Waals surface area (Å²) < 4.78 is 8.49. The van der Waals surface area contributed by atoms with Crippen molar-refractivity contribution < 1.29 is 58.7 Å². The minimum Gasteiger partial charge on any atom is -0.479 e. The van der Waals surface area contributed by atoms with E-state index >= 15 is 0 Å². The van der Waals surface area contributed by atoms with E-state index in [1.807, 2.05) is 0 Å². The maximum Gasteiger partial charge on any atom is 0.354 e. The molecule has 2 atom stereocenters. The van der Waals surface area contributed by atoms with Crippen LogP contribution in [0.3, 0.4) is 0 Å². The van der Waals surface area contributed by atoms with Crippen molar-refractivity contribution in [2.45, 2.75) is 167 Å². The van der Waals surface area contributed by atoms with Crippen LogP contribution in [-0.2, 0) is 38.2 Å². The van der Waals surface area contributed by atoms with E-state index in [9.17, 15) is 28.8 Å². The molecule has 0 aromatic rings. The molecule has 0 fully saturated rings. The number of aliphatic carboxylic acids is 2. The molecule has 0 amide bonds. The first-order valence-electron chi connectivity index (χ1n) is 16.3. The van der Waals surface area contributed by atoms with Gasteiger partial charge in [0.15, 0.2) is 0 Å². The number of carboxylic acid groups (broad SMARTS) is 2. The summed E-state index contributed by atoms with van der Waals surface area (Å²) in [6.45, 7) is 4.39. The quantitative estimate of drug-likeness (QED) is 0.0521. The lowest BCUT2D eigenvalue weighted by atomic mass is 10.1. The zero-order chi connectivity index (χ0) is 33.6. The minimum absolute atomic E-state index is 0.0634. The van der Waals surface area contributed by atoms with Crippen molar-refractivity contribution in [2.75, 3.05) is 0 Å². The second kappa shape index (κ2) is 30.2. The molecule has 12 heteroatoms. The van der Waals surface area contributed by atoms with Crippen LogP contribution in [0.15, 0.2) is 0 Å². The Morgan fingerprint density at radius 2 is 0.659 bits per heavy atom. The number of rotatable bonds is 26. The monoisotopic (exact) mass is 632 g/mol. The van der Waals surface area contributed by atoms with Gasteiger partial charge in [0, 0.05) is 12.8 Å². The maximum absolute atomic E-state index is 11.3. The van der Waals surface area contributed by atoms with Gasteiger partial charge in [-0.15, -0.1) is 0 Å². The van der Waals surface area contributed by atoms with E-state index < -0.39 is 48.0 Å². The first-order chi connectivity index (χ1) is 21.0. The number of aliphatic hydroxyl groups is 2. The molecule has 0 spiro atoms. The topological polar surface area (TPSA) is 202 Å². The van der Waals surface area contributed by atoms with Crippen LogP contribution in [0, 0.1) is 0 Å². The Balaban J connectivity index is 0. The Morgan fingerprint density at radius 3 is 0.886 bits per heavy atom. The summed E-state index contributed by atoms with van der Waals surface area (Å²) in [6.07, 6.45) is 18.1. The molecule has 0 aliphatic carbocycles. The number of aliphatic hydroxyl groups excluding tert-OH is 2. The molecule has 0 rings (SSSR count). The SMILES string of the molecule is CCCCCCCCCCCC(=O)OC(=O)C(O)C(=O)O.CCCCCCCCCCCCCC(=O)OC(=O)C(O)C(=O)O. The zero-order valence-corrected chi connectivity index (χ0v) is 26.8. The molecule has 44 heavy (non-hydrogen) atoms. The molecule has 0 heterocycles. The fourth-order valence-electron chi connectivity index (χ4n) is 4.15. The van der Waals surface area contributed by atoms with E-state index in [4.69, 9.17) is 20.4 Å². The Morgan fingerprint density at radius 1 is 0.432 bits per heavy atom. The number of hydrogen-bond acceptors (Lipinski definition) is 10. The molecule has 12 nitrogen and oxygen atoms in total. The first kappa shape index (κ1) is 43.3. The fraction of sp³-hybridized carbons (Fsp3) is 0.812. The highest BCUT2D eigenvalue weighted by Crippen LogP contribution is 2.13. The lowest BCUT2D eigenvalue weighted by Gasteiger charge is -2.05. The summed E-state index contributed by atoms with van der Waals surface area (Å²) in [5, 5.41) is 34.5. The normalized spacial score (nSPS) is 11.9. The predicted octanol–water partition coefficient (Wildman–Crippen LogP) is 5.63. The molecule has 0 aliphatic rings. The second-order valence-electron chi connectivity index (χ2n) is 10.9. The van der Waals surface area contributed by atoms with E-state index in [2.05, 4.69) is 23.3 Å². The predicted molar refractivity (Wildman–Crippen MR) is 162 cm³/mol. The van der Waals surface area contributed by atoms with Gasteiger partial charge in [0.1, 0.15) is 0 Å². The van der Waals surface area contributed by atoms with Crippen molar-refractivity contribution in [3.63, 3.8) is 0 Å². The van der Waals surface area contributed by atoms with Gasteiger partial charge in [-0.05, 0) is 12.8 Å². The van der Waals surface area contributed by atoms with E-state index in [-0.39, 0.29) is 12.8 Å². The van der Waals surface area contributed by atoms with Crippen LogP contribution in [0.1, 0.15) is 155 Å². The van der Waals surface area contributed by atoms with Crippen LogP contribution in [0.2, 0.25) is 0 Å². The molecular formula is C32H56O12. The molecule has 0 saturated carbocycles. The van der Waals surface area contributed by atoms with Crippen LogP contribution < -0.4 is 0 Å². The Labute approximate surface area is 261 Å². The molecule has 0 aromatic carbocycles. The van der Waals surface area contributed by atoms with Crippen LogP contribution >= 0.6 is 0 Å². The number of carboxylic acids is 2. The third-order valence-electron chi connectivity index (χ3n) is 6.81. The lowest BCUT2D eigenvalue weighted by molar-refractivity contribution is -0.173. The summed E-state index contributed by atoms with van der Waals surface area (Å²) in [6, 6.07) is 0. The summed E-state index contributed by atoms with van der Waals surface area (Å²) in [5.41, 5.74) is 0. The van der Waals surface area contributed by atoms with Crippen LogP contribution in [0.25, 0.3) is 0 Å². The number of ether oxygens (including phenoxy) is 2. The number of carbonyl (C=O) groups excluding carboxylic acids is 4. The average molecular weight is 633 g/mol. The van der Waals surface area contributed by atoms with Gasteiger partial charge >= 0.3 is 35.8 Å². The Bertz CT molecular complexity index is 811. The maximum atomic E-state index is 11.3. The molecular weight excluding hydrogens is 576 g/mol. The number of hydrogen-bond donors (Lipinski definition) is 4. The molecule has 4 N–H and O–H groups in total. The molecule has 0 saturated heterocycles. The highest BCUT2D eigenvalue weighted by molar-refractivity contribution is 6.01. The largest absolute Gasteiger partial charge is 0.479 e. The van der Waals surface area contributed by atoms with Gasteiger partial charge in [-0.2, -0.15) is 0 Å². The van der Waals surface area contributed by atoms with Gasteiger partial charge in [0.2, 0.25) is 12.2 Å². The summed E-state index contributed by atoms with van der Waals surface area (Å²) >= 11 is 0. The molecule has 2 unspecified atom stereocenters. The number of unbranched alkanes of at least 4 members (excludes halogenated alkanes) is 18. The van der Waals surface area contributed by atoms with Gasteiger partial charge in [-0.3, -0.25) is 9.59 Å². The first-order valence-corrected chi connectivity index (χ1v) is 16.3.